The van der Waals surface area contributed by atoms with Gasteiger partial charge in [0.2, 0.25) is 0 Å². The molecule has 0 bridgehead atoms. The summed E-state index contributed by atoms with van der Waals surface area (Å²) in [7, 11) is 0. The summed E-state index contributed by atoms with van der Waals surface area (Å²) in [6.45, 7) is 18.8. The lowest BCUT2D eigenvalue weighted by Gasteiger charge is -2.23. The van der Waals surface area contributed by atoms with E-state index in [-0.39, 0.29) is 0 Å². The molecular weight excluding hydrogens is 916 g/mol. The van der Waals surface area contributed by atoms with E-state index in [1.54, 1.807) is 0 Å². The normalized spacial score (nSPS) is 8.66. The number of carbonyl (C=O) groups is 8. The summed E-state index contributed by atoms with van der Waals surface area (Å²) in [5.41, 5.74) is -3.33. The highest BCUT2D eigenvalue weighted by Gasteiger charge is 2.27. The van der Waals surface area contributed by atoms with Crippen LogP contribution in [0.1, 0.15) is 0 Å². The molecule has 0 heterocycles. The van der Waals surface area contributed by atoms with E-state index in [0.29, 0.717) is 0 Å². The predicted molar refractivity (Wildman–Crippen MR) is 235 cm³/mol. The van der Waals surface area contributed by atoms with E-state index in [9.17, 15) is 38.4 Å². The Hall–Kier alpha value is -6.80. The molecule has 0 aromatic carbocycles. The van der Waals surface area contributed by atoms with Crippen LogP contribution in [0, 0.1) is 16.2 Å². The Labute approximate surface area is 384 Å². The SMILES string of the molecule is C=CC(=O)O.C=CC(=O)O.C=CC(=O)O.C=CC(=O)O.C=CC(=O)O.C=CC(=O)O.C=CC(=O)O.C=CC(=O)O.OCC(CO)(CO)CO.OCC(CO)(CO)CO.OCC(CO)(CO)CO. The topological polar surface area (TPSA) is 541 Å². The summed E-state index contributed by atoms with van der Waals surface area (Å²) < 4.78 is 0. The van der Waals surface area contributed by atoms with E-state index in [0.717, 1.165) is 48.6 Å². The fraction of sp³-hybridized carbons (Fsp3) is 0.385. The van der Waals surface area contributed by atoms with Gasteiger partial charge in [-0.05, 0) is 0 Å². The van der Waals surface area contributed by atoms with Crippen molar-refractivity contribution in [1.29, 1.82) is 0 Å². The molecule has 0 aliphatic carbocycles. The first-order valence-corrected chi connectivity index (χ1v) is 17.0. The molecule has 67 heavy (non-hydrogen) atoms. The number of carboxylic acid groups (broad SMARTS) is 8. The third kappa shape index (κ3) is 94.8. The highest BCUT2D eigenvalue weighted by molar-refractivity contribution is 5.80. The third-order valence-electron chi connectivity index (χ3n) is 5.42. The van der Waals surface area contributed by atoms with Gasteiger partial charge in [0.1, 0.15) is 0 Å². The smallest absolute Gasteiger partial charge is 0.327 e. The number of hydrogen-bond acceptors (Lipinski definition) is 20. The average molecular weight is 985 g/mol. The Morgan fingerprint density at radius 2 is 0.269 bits per heavy atom. The number of aliphatic carboxylic acids is 8. The second-order valence-electron chi connectivity index (χ2n) is 10.7. The van der Waals surface area contributed by atoms with Gasteiger partial charge in [0.05, 0.1) is 95.5 Å². The van der Waals surface area contributed by atoms with Crippen LogP contribution in [-0.2, 0) is 38.4 Å². The summed E-state index contributed by atoms with van der Waals surface area (Å²) in [6, 6.07) is 0. The Morgan fingerprint density at radius 3 is 0.269 bits per heavy atom. The van der Waals surface area contributed by atoms with Crippen LogP contribution < -0.4 is 0 Å². The van der Waals surface area contributed by atoms with Crippen LogP contribution >= 0.6 is 0 Å². The van der Waals surface area contributed by atoms with Crippen LogP contribution in [0.4, 0.5) is 0 Å². The van der Waals surface area contributed by atoms with Crippen molar-refractivity contribution in [3.05, 3.63) is 101 Å². The molecule has 0 radical (unpaired) electrons. The molecule has 0 aliphatic rings. The van der Waals surface area contributed by atoms with E-state index >= 15 is 0 Å². The number of rotatable bonds is 20. The number of aliphatic hydroxyl groups excluding tert-OH is 12. The maximum atomic E-state index is 9.25. The Kier molecular flexibility index (Phi) is 85.6. The molecule has 0 aliphatic heterocycles. The number of hydrogen-bond donors (Lipinski definition) is 20. The molecule has 0 atom stereocenters. The molecule has 0 saturated carbocycles. The molecular formula is C39H68O28. The highest BCUT2D eigenvalue weighted by Crippen LogP contribution is 2.13. The number of carboxylic acids is 8. The largest absolute Gasteiger partial charge is 0.478 e. The lowest BCUT2D eigenvalue weighted by Crippen LogP contribution is -2.37. The molecule has 0 unspecified atom stereocenters. The van der Waals surface area contributed by atoms with Crippen LogP contribution in [0.25, 0.3) is 0 Å². The minimum absolute atomic E-state index is 0.406. The maximum absolute atomic E-state index is 9.25. The van der Waals surface area contributed by atoms with Crippen molar-refractivity contribution < 1.29 is 140 Å². The Morgan fingerprint density at radius 1 is 0.224 bits per heavy atom. The minimum atomic E-state index is -1.11. The van der Waals surface area contributed by atoms with Crippen LogP contribution in [0.2, 0.25) is 0 Å². The van der Waals surface area contributed by atoms with Gasteiger partial charge in [0.15, 0.2) is 0 Å². The van der Waals surface area contributed by atoms with Crippen molar-refractivity contribution in [2.75, 3.05) is 79.3 Å². The molecule has 0 aromatic heterocycles. The first kappa shape index (κ1) is 87.2. The van der Waals surface area contributed by atoms with Gasteiger partial charge in [0, 0.05) is 48.6 Å². The van der Waals surface area contributed by atoms with Crippen molar-refractivity contribution in [3.63, 3.8) is 0 Å². The third-order valence-corrected chi connectivity index (χ3v) is 5.42. The molecule has 20 N–H and O–H groups in total. The summed E-state index contributed by atoms with van der Waals surface area (Å²) in [5, 5.41) is 163. The monoisotopic (exact) mass is 984 g/mol. The van der Waals surface area contributed by atoms with Gasteiger partial charge in [-0.25, -0.2) is 38.4 Å². The molecule has 0 rings (SSSR count). The van der Waals surface area contributed by atoms with Gasteiger partial charge in [-0.3, -0.25) is 0 Å². The van der Waals surface area contributed by atoms with Gasteiger partial charge in [0.25, 0.3) is 0 Å². The summed E-state index contributed by atoms with van der Waals surface area (Å²) in [5.74, 6) is -7.85. The predicted octanol–water partition coefficient (Wildman–Crippen LogP) is -4.12. The van der Waals surface area contributed by atoms with Gasteiger partial charge in [-0.2, -0.15) is 0 Å². The zero-order valence-electron chi connectivity index (χ0n) is 36.5. The molecule has 0 fully saturated rings. The highest BCUT2D eigenvalue weighted by atomic mass is 16.4. The lowest BCUT2D eigenvalue weighted by molar-refractivity contribution is -0.132. The second kappa shape index (κ2) is 65.8. The van der Waals surface area contributed by atoms with Gasteiger partial charge in [-0.1, -0.05) is 52.6 Å². The minimum Gasteiger partial charge on any atom is -0.478 e. The quantitative estimate of drug-likeness (QED) is 0.0515. The van der Waals surface area contributed by atoms with Crippen molar-refractivity contribution in [1.82, 2.24) is 0 Å². The first-order valence-electron chi connectivity index (χ1n) is 17.0. The molecule has 392 valence electrons. The lowest BCUT2D eigenvalue weighted by atomic mass is 9.93. The van der Waals surface area contributed by atoms with E-state index in [4.69, 9.17) is 102 Å². The molecule has 28 heteroatoms. The summed E-state index contributed by atoms with van der Waals surface area (Å²) in [6.07, 6.45) is 6.67. The van der Waals surface area contributed by atoms with Crippen molar-refractivity contribution >= 4 is 47.8 Å². The standard InChI is InChI=1S/3C5H12O4.8C3H4O2/c3*6-1-5(2-7,3-8)4-9;8*1-2-3(4)5/h3*6-9H,1-4H2;8*2H,1H2,(H,4,5). The number of aliphatic hydroxyl groups is 12. The second-order valence-corrected chi connectivity index (χ2v) is 10.7. The van der Waals surface area contributed by atoms with E-state index in [1.165, 1.54) is 0 Å². The van der Waals surface area contributed by atoms with Crippen molar-refractivity contribution in [2.45, 2.75) is 0 Å². The van der Waals surface area contributed by atoms with Crippen LogP contribution in [-0.4, -0.2) is 229 Å². The molecule has 0 amide bonds. The maximum Gasteiger partial charge on any atom is 0.327 e. The zero-order valence-corrected chi connectivity index (χ0v) is 36.5. The van der Waals surface area contributed by atoms with E-state index < -0.39 is 143 Å². The molecule has 0 saturated heterocycles. The Balaban J connectivity index is -0.0000000579. The summed E-state index contributed by atoms with van der Waals surface area (Å²) in [4.78, 5) is 74.0. The Bertz CT molecular complexity index is 1040. The van der Waals surface area contributed by atoms with Crippen LogP contribution in [0.3, 0.4) is 0 Å². The van der Waals surface area contributed by atoms with Crippen molar-refractivity contribution in [2.24, 2.45) is 16.2 Å². The molecule has 0 spiro atoms. The molecule has 28 nitrogen and oxygen atoms in total. The van der Waals surface area contributed by atoms with Crippen molar-refractivity contribution in [3.8, 4) is 0 Å². The van der Waals surface area contributed by atoms with Gasteiger partial charge >= 0.3 is 47.8 Å². The fourth-order valence-corrected chi connectivity index (χ4v) is 0.900. The van der Waals surface area contributed by atoms with E-state index in [1.807, 2.05) is 0 Å². The summed E-state index contributed by atoms with van der Waals surface area (Å²) >= 11 is 0. The van der Waals surface area contributed by atoms with Crippen LogP contribution in [0.15, 0.2) is 101 Å². The van der Waals surface area contributed by atoms with Crippen LogP contribution in [0.5, 0.6) is 0 Å². The van der Waals surface area contributed by atoms with Gasteiger partial charge < -0.3 is 102 Å². The zero-order chi connectivity index (χ0) is 56.3. The molecule has 0 aromatic rings. The first-order chi connectivity index (χ1) is 30.9. The van der Waals surface area contributed by atoms with E-state index in [2.05, 4.69) is 52.6 Å². The average Bonchev–Trinajstić information content (AvgIpc) is 3.33. The fourth-order valence-electron chi connectivity index (χ4n) is 0.900. The van der Waals surface area contributed by atoms with Gasteiger partial charge in [-0.15, -0.1) is 0 Å².